The Bertz CT molecular complexity index is 972. The van der Waals surface area contributed by atoms with Crippen molar-refractivity contribution in [3.63, 3.8) is 0 Å². The molecule has 2 aromatic heterocycles. The monoisotopic (exact) mass is 346 g/mol. The number of hydrogen-bond acceptors (Lipinski definition) is 3. The summed E-state index contributed by atoms with van der Waals surface area (Å²) >= 11 is 0. The minimum Gasteiger partial charge on any atom is -0.338 e. The lowest BCUT2D eigenvalue weighted by molar-refractivity contribution is 0.484. The van der Waals surface area contributed by atoms with Gasteiger partial charge in [0.25, 0.3) is 0 Å². The Morgan fingerprint density at radius 2 is 1.58 bits per heavy atom. The summed E-state index contributed by atoms with van der Waals surface area (Å²) in [5, 5.41) is 0. The SMILES string of the molecule is CC(C)(C)c1ncc(-c2nc3cc4c(cc3[nH]2)C2(C)CCC4(C)C2)cn1. The molecular weight excluding hydrogens is 320 g/mol. The summed E-state index contributed by atoms with van der Waals surface area (Å²) in [6.45, 7) is 11.2. The van der Waals surface area contributed by atoms with E-state index in [0.29, 0.717) is 10.8 Å². The summed E-state index contributed by atoms with van der Waals surface area (Å²) in [7, 11) is 0. The maximum atomic E-state index is 4.85. The van der Waals surface area contributed by atoms with E-state index in [4.69, 9.17) is 4.98 Å². The second kappa shape index (κ2) is 4.73. The molecular formula is C22H26N4. The van der Waals surface area contributed by atoms with Crippen LogP contribution in [0.4, 0.5) is 0 Å². The van der Waals surface area contributed by atoms with Gasteiger partial charge in [0.1, 0.15) is 11.6 Å². The first-order valence-corrected chi connectivity index (χ1v) is 9.56. The van der Waals surface area contributed by atoms with Crippen LogP contribution in [0.2, 0.25) is 0 Å². The highest BCUT2D eigenvalue weighted by Gasteiger charge is 2.53. The molecule has 1 aromatic carbocycles. The number of hydrogen-bond donors (Lipinski definition) is 1. The zero-order valence-corrected chi connectivity index (χ0v) is 16.3. The molecule has 2 aliphatic rings. The van der Waals surface area contributed by atoms with Crippen molar-refractivity contribution in [1.29, 1.82) is 0 Å². The number of rotatable bonds is 1. The predicted molar refractivity (Wildman–Crippen MR) is 104 cm³/mol. The van der Waals surface area contributed by atoms with E-state index in [-0.39, 0.29) is 5.41 Å². The lowest BCUT2D eigenvalue weighted by Crippen LogP contribution is -2.17. The molecule has 0 amide bonds. The molecule has 0 radical (unpaired) electrons. The minimum absolute atomic E-state index is 0.0443. The third-order valence-corrected chi connectivity index (χ3v) is 6.53. The molecule has 26 heavy (non-hydrogen) atoms. The molecule has 4 heteroatoms. The van der Waals surface area contributed by atoms with Crippen LogP contribution in [-0.4, -0.2) is 19.9 Å². The lowest BCUT2D eigenvalue weighted by Gasteiger charge is -2.26. The summed E-state index contributed by atoms with van der Waals surface area (Å²) in [4.78, 5) is 17.4. The molecule has 4 nitrogen and oxygen atoms in total. The normalized spacial score (nSPS) is 27.3. The molecule has 2 unspecified atom stereocenters. The summed E-state index contributed by atoms with van der Waals surface area (Å²) in [6.07, 6.45) is 7.63. The van der Waals surface area contributed by atoms with E-state index in [9.17, 15) is 0 Å². The van der Waals surface area contributed by atoms with Crippen molar-refractivity contribution in [3.8, 4) is 11.4 Å². The fourth-order valence-electron chi connectivity index (χ4n) is 5.08. The van der Waals surface area contributed by atoms with Gasteiger partial charge in [-0.2, -0.15) is 0 Å². The van der Waals surface area contributed by atoms with Crippen molar-refractivity contribution >= 4 is 11.0 Å². The van der Waals surface area contributed by atoms with Gasteiger partial charge in [-0.15, -0.1) is 0 Å². The van der Waals surface area contributed by atoms with E-state index in [1.165, 1.54) is 30.4 Å². The van der Waals surface area contributed by atoms with Gasteiger partial charge in [-0.05, 0) is 53.4 Å². The van der Waals surface area contributed by atoms with E-state index in [1.807, 2.05) is 12.4 Å². The Morgan fingerprint density at radius 3 is 2.19 bits per heavy atom. The largest absolute Gasteiger partial charge is 0.338 e. The molecule has 1 fully saturated rings. The number of aromatic nitrogens is 4. The number of imidazole rings is 1. The van der Waals surface area contributed by atoms with Gasteiger partial charge in [0.05, 0.1) is 16.6 Å². The van der Waals surface area contributed by atoms with Crippen LogP contribution in [0.1, 0.15) is 70.8 Å². The van der Waals surface area contributed by atoms with Crippen LogP contribution in [0, 0.1) is 0 Å². The first-order chi connectivity index (χ1) is 12.2. The van der Waals surface area contributed by atoms with Gasteiger partial charge in [0.15, 0.2) is 0 Å². The standard InChI is InChI=1S/C22H26N4/c1-20(2,3)19-23-10-13(11-24-19)18-25-16-8-14-15(9-17(16)26-18)22(5)7-6-21(14,4)12-22/h8-11H,6-7,12H2,1-5H3,(H,25,26). The third kappa shape index (κ3) is 2.11. The van der Waals surface area contributed by atoms with Crippen molar-refractivity contribution in [3.05, 3.63) is 41.5 Å². The molecule has 0 spiro atoms. The lowest BCUT2D eigenvalue weighted by atomic mass is 9.78. The Morgan fingerprint density at radius 1 is 0.962 bits per heavy atom. The smallest absolute Gasteiger partial charge is 0.141 e. The maximum Gasteiger partial charge on any atom is 0.141 e. The Labute approximate surface area is 154 Å². The van der Waals surface area contributed by atoms with Gasteiger partial charge < -0.3 is 4.98 Å². The van der Waals surface area contributed by atoms with E-state index in [0.717, 1.165) is 28.2 Å². The highest BCUT2D eigenvalue weighted by molar-refractivity contribution is 5.82. The first kappa shape index (κ1) is 16.0. The average molecular weight is 346 g/mol. The van der Waals surface area contributed by atoms with Gasteiger partial charge >= 0.3 is 0 Å². The summed E-state index contributed by atoms with van der Waals surface area (Å²) in [5.74, 6) is 1.71. The number of fused-ring (bicyclic) bond motifs is 6. The molecule has 1 N–H and O–H groups in total. The van der Waals surface area contributed by atoms with Crippen LogP contribution in [0.3, 0.4) is 0 Å². The van der Waals surface area contributed by atoms with Crippen molar-refractivity contribution in [2.45, 2.75) is 70.1 Å². The third-order valence-electron chi connectivity index (χ3n) is 6.53. The molecule has 3 aromatic rings. The second-order valence-corrected chi connectivity index (χ2v) is 9.84. The van der Waals surface area contributed by atoms with Crippen LogP contribution >= 0.6 is 0 Å². The van der Waals surface area contributed by atoms with Gasteiger partial charge in [0.2, 0.25) is 0 Å². The van der Waals surface area contributed by atoms with Gasteiger partial charge in [-0.3, -0.25) is 0 Å². The van der Waals surface area contributed by atoms with Crippen molar-refractivity contribution in [2.24, 2.45) is 0 Å². The average Bonchev–Trinajstić information content (AvgIpc) is 3.20. The maximum absolute atomic E-state index is 4.85. The zero-order valence-electron chi connectivity index (χ0n) is 16.3. The molecule has 5 rings (SSSR count). The number of nitrogens with zero attached hydrogens (tertiary/aromatic N) is 3. The molecule has 134 valence electrons. The van der Waals surface area contributed by atoms with E-state index in [2.05, 4.69) is 61.7 Å². The zero-order chi connectivity index (χ0) is 18.3. The minimum atomic E-state index is -0.0443. The highest BCUT2D eigenvalue weighted by atomic mass is 14.9. The summed E-state index contributed by atoms with van der Waals surface area (Å²) in [5.41, 5.74) is 6.76. The topological polar surface area (TPSA) is 54.5 Å². The number of H-pyrrole nitrogens is 1. The highest BCUT2D eigenvalue weighted by Crippen LogP contribution is 2.60. The fraction of sp³-hybridized carbons (Fsp3) is 0.500. The number of nitrogens with one attached hydrogen (secondary N) is 1. The van der Waals surface area contributed by atoms with Gasteiger partial charge in [-0.1, -0.05) is 34.6 Å². The quantitative estimate of drug-likeness (QED) is 0.672. The molecule has 2 bridgehead atoms. The van der Waals surface area contributed by atoms with Crippen LogP contribution in [0.25, 0.3) is 22.4 Å². The molecule has 2 atom stereocenters. The summed E-state index contributed by atoms with van der Waals surface area (Å²) in [6, 6.07) is 4.66. The number of benzene rings is 1. The number of aromatic amines is 1. The van der Waals surface area contributed by atoms with Crippen LogP contribution in [-0.2, 0) is 16.2 Å². The van der Waals surface area contributed by atoms with E-state index < -0.39 is 0 Å². The molecule has 1 saturated carbocycles. The van der Waals surface area contributed by atoms with Gasteiger partial charge in [-0.25, -0.2) is 15.0 Å². The van der Waals surface area contributed by atoms with Crippen LogP contribution in [0.5, 0.6) is 0 Å². The molecule has 2 aliphatic carbocycles. The fourth-order valence-corrected chi connectivity index (χ4v) is 5.08. The molecule has 2 heterocycles. The molecule has 0 aliphatic heterocycles. The van der Waals surface area contributed by atoms with Crippen molar-refractivity contribution < 1.29 is 0 Å². The molecule has 0 saturated heterocycles. The second-order valence-electron chi connectivity index (χ2n) is 9.84. The first-order valence-electron chi connectivity index (χ1n) is 9.56. The Kier molecular flexibility index (Phi) is 2.91. The van der Waals surface area contributed by atoms with Crippen molar-refractivity contribution in [1.82, 2.24) is 19.9 Å². The van der Waals surface area contributed by atoms with Crippen molar-refractivity contribution in [2.75, 3.05) is 0 Å². The van der Waals surface area contributed by atoms with Gasteiger partial charge in [0, 0.05) is 17.8 Å². The summed E-state index contributed by atoms with van der Waals surface area (Å²) < 4.78 is 0. The van der Waals surface area contributed by atoms with E-state index in [1.54, 1.807) is 0 Å². The predicted octanol–water partition coefficient (Wildman–Crippen LogP) is 5.03. The van der Waals surface area contributed by atoms with E-state index >= 15 is 0 Å². The van der Waals surface area contributed by atoms with Crippen LogP contribution in [0.15, 0.2) is 24.5 Å². The van der Waals surface area contributed by atoms with Crippen LogP contribution < -0.4 is 0 Å². The Hall–Kier alpha value is -2.23. The Balaban J connectivity index is 1.60.